The second-order valence-corrected chi connectivity index (χ2v) is 5.66. The molecule has 2 aromatic carbocycles. The molecule has 0 aliphatic carbocycles. The largest absolute Gasteiger partial charge is 0.497 e. The van der Waals surface area contributed by atoms with Crippen LogP contribution in [0.25, 0.3) is 11.0 Å². The second-order valence-electron chi connectivity index (χ2n) is 5.27. The molecule has 21 heavy (non-hydrogen) atoms. The van der Waals surface area contributed by atoms with E-state index in [1.807, 2.05) is 12.1 Å². The molecule has 0 spiro atoms. The van der Waals surface area contributed by atoms with Crippen molar-refractivity contribution in [1.82, 2.24) is 9.55 Å². The van der Waals surface area contributed by atoms with Crippen LogP contribution in [0.15, 0.2) is 42.5 Å². The predicted octanol–water partition coefficient (Wildman–Crippen LogP) is 4.63. The number of fused-ring (bicyclic) bond motifs is 1. The molecule has 0 saturated carbocycles. The van der Waals surface area contributed by atoms with Crippen molar-refractivity contribution >= 4 is 23.3 Å². The van der Waals surface area contributed by atoms with E-state index >= 15 is 0 Å². The van der Waals surface area contributed by atoms with E-state index in [-0.39, 0.29) is 6.04 Å². The number of hydrogen-bond acceptors (Lipinski definition) is 2. The molecule has 1 atom stereocenters. The highest BCUT2D eigenvalue weighted by molar-refractivity contribution is 7.71. The maximum Gasteiger partial charge on any atom is 0.178 e. The molecule has 4 heteroatoms. The number of aryl methyl sites for hydroxylation is 1. The number of H-pyrrole nitrogens is 1. The molecule has 3 aromatic rings. The molecule has 3 rings (SSSR count). The van der Waals surface area contributed by atoms with E-state index in [0.29, 0.717) is 0 Å². The summed E-state index contributed by atoms with van der Waals surface area (Å²) in [5, 5.41) is 0. The van der Waals surface area contributed by atoms with E-state index in [4.69, 9.17) is 17.0 Å². The number of rotatable bonds is 3. The number of aromatic nitrogens is 2. The third kappa shape index (κ3) is 2.47. The third-order valence-electron chi connectivity index (χ3n) is 3.86. The summed E-state index contributed by atoms with van der Waals surface area (Å²) in [4.78, 5) is 3.29. The molecule has 1 aromatic heterocycles. The van der Waals surface area contributed by atoms with Gasteiger partial charge in [0, 0.05) is 0 Å². The maximum absolute atomic E-state index is 5.50. The van der Waals surface area contributed by atoms with E-state index in [1.54, 1.807) is 7.11 Å². The standard InChI is InChI=1S/C17H18N2OS/c1-11-4-9-16-15(10-11)18-17(21)19(16)12(2)13-5-7-14(20-3)8-6-13/h4-10,12H,1-3H3,(H,18,21). The average molecular weight is 298 g/mol. The highest BCUT2D eigenvalue weighted by atomic mass is 32.1. The van der Waals surface area contributed by atoms with Crippen LogP contribution in [0.4, 0.5) is 0 Å². The van der Waals surface area contributed by atoms with E-state index in [9.17, 15) is 0 Å². The molecule has 0 saturated heterocycles. The van der Waals surface area contributed by atoms with E-state index in [0.717, 1.165) is 21.6 Å². The van der Waals surface area contributed by atoms with Crippen LogP contribution < -0.4 is 4.74 Å². The van der Waals surface area contributed by atoms with Crippen molar-refractivity contribution in [3.05, 3.63) is 58.4 Å². The number of nitrogens with one attached hydrogen (secondary N) is 1. The Kier molecular flexibility index (Phi) is 3.55. The minimum atomic E-state index is 0.167. The first-order valence-corrected chi connectivity index (χ1v) is 7.36. The van der Waals surface area contributed by atoms with Crippen molar-refractivity contribution in [3.8, 4) is 5.75 Å². The Labute approximate surface area is 129 Å². The molecule has 1 N–H and O–H groups in total. The lowest BCUT2D eigenvalue weighted by atomic mass is 10.1. The second kappa shape index (κ2) is 5.37. The highest BCUT2D eigenvalue weighted by Crippen LogP contribution is 2.26. The van der Waals surface area contributed by atoms with Crippen LogP contribution in [-0.4, -0.2) is 16.7 Å². The maximum atomic E-state index is 5.50. The van der Waals surface area contributed by atoms with E-state index in [1.165, 1.54) is 11.1 Å². The van der Waals surface area contributed by atoms with Gasteiger partial charge < -0.3 is 14.3 Å². The number of benzene rings is 2. The first kappa shape index (κ1) is 13.9. The zero-order chi connectivity index (χ0) is 15.0. The van der Waals surface area contributed by atoms with Gasteiger partial charge in [0.1, 0.15) is 5.75 Å². The van der Waals surface area contributed by atoms with Crippen LogP contribution >= 0.6 is 12.2 Å². The van der Waals surface area contributed by atoms with E-state index < -0.39 is 0 Å². The number of methoxy groups -OCH3 is 1. The molecule has 0 amide bonds. The molecule has 1 heterocycles. The van der Waals surface area contributed by atoms with Crippen LogP contribution in [0.3, 0.4) is 0 Å². The molecule has 0 aliphatic heterocycles. The van der Waals surface area contributed by atoms with Gasteiger partial charge >= 0.3 is 0 Å². The molecule has 0 aliphatic rings. The fraction of sp³-hybridized carbons (Fsp3) is 0.235. The Balaban J connectivity index is 2.10. The Hall–Kier alpha value is -2.07. The smallest absolute Gasteiger partial charge is 0.178 e. The normalized spacial score (nSPS) is 12.5. The van der Waals surface area contributed by atoms with Crippen LogP contribution in [0.5, 0.6) is 5.75 Å². The summed E-state index contributed by atoms with van der Waals surface area (Å²) in [6, 6.07) is 14.7. The molecule has 3 nitrogen and oxygen atoms in total. The third-order valence-corrected chi connectivity index (χ3v) is 4.16. The van der Waals surface area contributed by atoms with E-state index in [2.05, 4.69) is 53.7 Å². The predicted molar refractivity (Wildman–Crippen MR) is 88.7 cm³/mol. The fourth-order valence-electron chi connectivity index (χ4n) is 2.66. The summed E-state index contributed by atoms with van der Waals surface area (Å²) in [5.41, 5.74) is 4.64. The summed E-state index contributed by atoms with van der Waals surface area (Å²) < 4.78 is 8.12. The molecule has 108 valence electrons. The van der Waals surface area contributed by atoms with Crippen LogP contribution in [0.1, 0.15) is 24.1 Å². The van der Waals surface area contributed by atoms with Gasteiger partial charge in [-0.2, -0.15) is 0 Å². The summed E-state index contributed by atoms with van der Waals surface area (Å²) in [6.07, 6.45) is 0. The van der Waals surface area contributed by atoms with Gasteiger partial charge in [0.2, 0.25) is 0 Å². The molecule has 1 unspecified atom stereocenters. The summed E-state index contributed by atoms with van der Waals surface area (Å²) in [6.45, 7) is 4.24. The lowest BCUT2D eigenvalue weighted by Gasteiger charge is -2.15. The average Bonchev–Trinajstić information content (AvgIpc) is 2.81. The molecule has 0 bridgehead atoms. The van der Waals surface area contributed by atoms with Crippen molar-refractivity contribution in [2.75, 3.05) is 7.11 Å². The Morgan fingerprint density at radius 1 is 1.14 bits per heavy atom. The van der Waals surface area contributed by atoms with Crippen LogP contribution in [0.2, 0.25) is 0 Å². The van der Waals surface area contributed by atoms with Crippen molar-refractivity contribution in [3.63, 3.8) is 0 Å². The van der Waals surface area contributed by atoms with Gasteiger partial charge in [-0.1, -0.05) is 18.2 Å². The van der Waals surface area contributed by atoms with Gasteiger partial charge in [0.05, 0.1) is 24.2 Å². The Morgan fingerprint density at radius 2 is 1.86 bits per heavy atom. The highest BCUT2D eigenvalue weighted by Gasteiger charge is 2.13. The molecule has 0 radical (unpaired) electrons. The zero-order valence-corrected chi connectivity index (χ0v) is 13.2. The van der Waals surface area contributed by atoms with Gasteiger partial charge in [-0.3, -0.25) is 0 Å². The monoisotopic (exact) mass is 298 g/mol. The first-order valence-electron chi connectivity index (χ1n) is 6.95. The minimum absolute atomic E-state index is 0.167. The van der Waals surface area contributed by atoms with Crippen LogP contribution in [-0.2, 0) is 0 Å². The van der Waals surface area contributed by atoms with Crippen molar-refractivity contribution in [1.29, 1.82) is 0 Å². The SMILES string of the molecule is COc1ccc(C(C)n2c(=S)[nH]c3cc(C)ccc32)cc1. The summed E-state index contributed by atoms with van der Waals surface area (Å²) >= 11 is 5.50. The van der Waals surface area contributed by atoms with Crippen molar-refractivity contribution < 1.29 is 4.74 Å². The van der Waals surface area contributed by atoms with Gasteiger partial charge in [0.15, 0.2) is 4.77 Å². The zero-order valence-electron chi connectivity index (χ0n) is 12.4. The fourth-order valence-corrected chi connectivity index (χ4v) is 3.03. The summed E-state index contributed by atoms with van der Waals surface area (Å²) in [5.74, 6) is 0.865. The quantitative estimate of drug-likeness (QED) is 0.715. The van der Waals surface area contributed by atoms with Gasteiger partial charge in [-0.05, 0) is 61.5 Å². The van der Waals surface area contributed by atoms with Crippen molar-refractivity contribution in [2.24, 2.45) is 0 Å². The van der Waals surface area contributed by atoms with Gasteiger partial charge in [-0.15, -0.1) is 0 Å². The number of ether oxygens (including phenoxy) is 1. The van der Waals surface area contributed by atoms with Crippen LogP contribution in [0, 0.1) is 11.7 Å². The van der Waals surface area contributed by atoms with Gasteiger partial charge in [-0.25, -0.2) is 0 Å². The molecular weight excluding hydrogens is 280 g/mol. The topological polar surface area (TPSA) is 29.9 Å². The lowest BCUT2D eigenvalue weighted by Crippen LogP contribution is -2.06. The van der Waals surface area contributed by atoms with Crippen molar-refractivity contribution in [2.45, 2.75) is 19.9 Å². The number of hydrogen-bond donors (Lipinski definition) is 1. The molecular formula is C17H18N2OS. The number of imidazole rings is 1. The number of aromatic amines is 1. The number of nitrogens with zero attached hydrogens (tertiary/aromatic N) is 1. The Bertz CT molecular complexity index is 830. The first-order chi connectivity index (χ1) is 10.1. The molecule has 0 fully saturated rings. The lowest BCUT2D eigenvalue weighted by molar-refractivity contribution is 0.414. The minimum Gasteiger partial charge on any atom is -0.497 e. The Morgan fingerprint density at radius 3 is 2.52 bits per heavy atom. The van der Waals surface area contributed by atoms with Gasteiger partial charge in [0.25, 0.3) is 0 Å². The summed E-state index contributed by atoms with van der Waals surface area (Å²) in [7, 11) is 1.68.